The first-order valence-electron chi connectivity index (χ1n) is 28.8. The Morgan fingerprint density at radius 3 is 0.460 bits per heavy atom. The maximum absolute atomic E-state index is 6.69. The second-order valence-electron chi connectivity index (χ2n) is 20.8. The minimum Gasteiger partial charge on any atom is -0.208 e. The molecule has 426 valence electrons. The van der Waals surface area contributed by atoms with Gasteiger partial charge in [0.1, 0.15) is 0 Å². The highest BCUT2D eigenvalue weighted by Crippen LogP contribution is 2.45. The minimum atomic E-state index is -2.36. The lowest BCUT2D eigenvalue weighted by Gasteiger charge is -2.24. The molecule has 9 heteroatoms. The summed E-state index contributed by atoms with van der Waals surface area (Å²) in [6.45, 7) is 6.25. The molecule has 0 atom stereocenters. The van der Waals surface area contributed by atoms with Crippen molar-refractivity contribution in [3.63, 3.8) is 0 Å². The van der Waals surface area contributed by atoms with E-state index in [0.29, 0.717) is 17.5 Å². The quantitative estimate of drug-likeness (QED) is 0.114. The fourth-order valence-electron chi connectivity index (χ4n) is 10.00. The fraction of sp³-hybridized carbons (Fsp3) is 0.0385. The minimum absolute atomic E-state index is 0.569. The van der Waals surface area contributed by atoms with Crippen LogP contribution in [0, 0.1) is 20.8 Å². The summed E-state index contributed by atoms with van der Waals surface area (Å²) in [5.74, 6) is 1.71. The monoisotopic (exact) mass is 1230 g/mol. The van der Waals surface area contributed by atoms with Crippen molar-refractivity contribution < 1.29 is 0 Å². The Labute approximate surface area is 529 Å². The molecule has 0 saturated carbocycles. The van der Waals surface area contributed by atoms with Crippen LogP contribution in [0.3, 0.4) is 0 Å². The first-order valence-corrected chi connectivity index (χ1v) is 37.2. The van der Waals surface area contributed by atoms with Crippen molar-refractivity contribution in [2.75, 3.05) is 0 Å². The molecule has 0 aliphatic heterocycles. The zero-order valence-corrected chi connectivity index (χ0v) is 53.9. The molecule has 0 spiro atoms. The maximum Gasteiger partial charge on any atom is 0.164 e. The Hall–Kier alpha value is -8.40. The van der Waals surface area contributed by atoms with E-state index in [4.69, 9.17) is 50.4 Å². The van der Waals surface area contributed by atoms with Gasteiger partial charge in [-0.3, -0.25) is 0 Å². The molecular weight excluding hydrogens is 1170 g/mol. The van der Waals surface area contributed by atoms with E-state index in [1.54, 1.807) is 0 Å². The van der Waals surface area contributed by atoms with Crippen molar-refractivity contribution in [2.24, 2.45) is 0 Å². The van der Waals surface area contributed by atoms with Gasteiger partial charge in [0, 0.05) is 34.8 Å². The molecule has 0 N–H and O–H groups in total. The molecule has 12 aromatic carbocycles. The van der Waals surface area contributed by atoms with Gasteiger partial charge in [0.2, 0.25) is 0 Å². The number of benzene rings is 12. The van der Waals surface area contributed by atoms with Gasteiger partial charge in [-0.15, -0.1) is 0 Å². The van der Waals surface area contributed by atoms with Crippen LogP contribution in [0.1, 0.15) is 16.7 Å². The summed E-state index contributed by atoms with van der Waals surface area (Å²) >= 11 is 20.1. The average molecular weight is 1230 g/mol. The second kappa shape index (κ2) is 29.8. The largest absolute Gasteiger partial charge is 0.208 e. The van der Waals surface area contributed by atoms with Crippen molar-refractivity contribution in [1.82, 2.24) is 15.0 Å². The highest BCUT2D eigenvalue weighted by atomic mass is 32.4. The molecule has 1 heterocycles. The molecule has 0 radical (unpaired) electrons. The maximum atomic E-state index is 6.69. The van der Waals surface area contributed by atoms with Crippen molar-refractivity contribution in [3.05, 3.63) is 362 Å². The Kier molecular flexibility index (Phi) is 21.1. The summed E-state index contributed by atoms with van der Waals surface area (Å²) in [6, 6.07) is 112. The summed E-state index contributed by atoms with van der Waals surface area (Å²) in [6.07, 6.45) is 0. The zero-order chi connectivity index (χ0) is 60.3. The van der Waals surface area contributed by atoms with Gasteiger partial charge in [-0.1, -0.05) is 398 Å². The predicted molar refractivity (Wildman–Crippen MR) is 388 cm³/mol. The summed E-state index contributed by atoms with van der Waals surface area (Å²) < 4.78 is 0. The van der Waals surface area contributed by atoms with E-state index in [1.165, 1.54) is 16.7 Å². The predicted octanol–water partition coefficient (Wildman–Crippen LogP) is 16.1. The van der Waals surface area contributed by atoms with Crippen LogP contribution in [0.5, 0.6) is 0 Å². The van der Waals surface area contributed by atoms with Crippen molar-refractivity contribution >= 4 is 101 Å². The van der Waals surface area contributed by atoms with Gasteiger partial charge in [0.25, 0.3) is 0 Å². The number of hydrogen-bond acceptors (Lipinski definition) is 6. The lowest BCUT2D eigenvalue weighted by Crippen LogP contribution is -2.24. The van der Waals surface area contributed by atoms with E-state index in [2.05, 4.69) is 276 Å². The summed E-state index contributed by atoms with van der Waals surface area (Å²) in [5, 5.41) is 10.2. The van der Waals surface area contributed by atoms with E-state index in [-0.39, 0.29) is 0 Å². The molecular formula is C78H66N3P3S3. The summed E-state index contributed by atoms with van der Waals surface area (Å²) in [4.78, 5) is 15.6. The van der Waals surface area contributed by atoms with Gasteiger partial charge >= 0.3 is 0 Å². The van der Waals surface area contributed by atoms with E-state index in [1.807, 2.05) is 91.0 Å². The lowest BCUT2D eigenvalue weighted by molar-refractivity contribution is 1.07. The van der Waals surface area contributed by atoms with Crippen molar-refractivity contribution in [2.45, 2.75) is 20.8 Å². The first kappa shape index (κ1) is 61.7. The molecule has 0 unspecified atom stereocenters. The smallest absolute Gasteiger partial charge is 0.164 e. The van der Waals surface area contributed by atoms with Crippen LogP contribution >= 0.6 is 18.1 Å². The SMILES string of the molecule is Cc1ccccc1.Cc1ccccc1.Cc1ccccc1.S=P(c1ccccc1)(c1ccccc1)c1ccc(-c2nc(-c3ccc(P(=S)(c4ccccc4)c4ccccc4)cc3)nc(-c3ccc(P(=S)(c4ccccc4)c4ccccc4)cc3)n2)cc1. The van der Waals surface area contributed by atoms with Gasteiger partial charge in [-0.2, -0.15) is 0 Å². The van der Waals surface area contributed by atoms with Crippen LogP contribution in [-0.4, -0.2) is 15.0 Å². The van der Waals surface area contributed by atoms with Gasteiger partial charge in [-0.05, 0) is 68.5 Å². The number of nitrogens with zero attached hydrogens (tertiary/aromatic N) is 3. The normalized spacial score (nSPS) is 11.1. The third-order valence-corrected chi connectivity index (χ3v) is 29.6. The number of hydrogen-bond donors (Lipinski definition) is 0. The van der Waals surface area contributed by atoms with Crippen LogP contribution in [0.4, 0.5) is 0 Å². The molecule has 0 fully saturated rings. The molecule has 13 rings (SSSR count). The van der Waals surface area contributed by atoms with Crippen LogP contribution in [0.25, 0.3) is 34.2 Å². The zero-order valence-electron chi connectivity index (χ0n) is 48.8. The lowest BCUT2D eigenvalue weighted by atomic mass is 10.1. The van der Waals surface area contributed by atoms with Crippen LogP contribution in [-0.2, 0) is 35.4 Å². The molecule has 0 bridgehead atoms. The highest BCUT2D eigenvalue weighted by Gasteiger charge is 2.28. The van der Waals surface area contributed by atoms with E-state index in [0.717, 1.165) is 64.4 Å². The fourth-order valence-corrected chi connectivity index (χ4v) is 21.2. The summed E-state index contributed by atoms with van der Waals surface area (Å²) in [7, 11) is 0. The van der Waals surface area contributed by atoms with Crippen molar-refractivity contribution in [1.29, 1.82) is 0 Å². The van der Waals surface area contributed by atoms with Gasteiger partial charge in [0.05, 0.1) is 0 Å². The van der Waals surface area contributed by atoms with Crippen LogP contribution in [0.2, 0.25) is 0 Å². The average Bonchev–Trinajstić information content (AvgIpc) is 3.22. The third kappa shape index (κ3) is 15.1. The molecule has 0 aliphatic rings. The van der Waals surface area contributed by atoms with Crippen LogP contribution < -0.4 is 47.7 Å². The Morgan fingerprint density at radius 2 is 0.322 bits per heavy atom. The first-order chi connectivity index (χ1) is 42.5. The van der Waals surface area contributed by atoms with E-state index < -0.39 is 18.1 Å². The highest BCUT2D eigenvalue weighted by molar-refractivity contribution is 8.26. The van der Waals surface area contributed by atoms with Crippen LogP contribution in [0.15, 0.2) is 346 Å². The standard InChI is InChI=1S/C57H42N3P3S3.3C7H8/c64-61(46-19-7-1-8-20-46,47-21-9-2-10-22-47)52-37-31-43(32-38-52)55-58-56(44-33-39-53(40-34-44)62(65,48-23-11-3-12-24-48)49-25-13-4-14-26-49)60-57(59-55)45-35-41-54(42-36-45)63(66,50-27-15-5-16-28-50)51-29-17-6-18-30-51;3*1-7-5-3-2-4-6-7/h1-42H;3*2-6H,1H3. The molecule has 1 aromatic heterocycles. The third-order valence-electron chi connectivity index (χ3n) is 14.6. The number of aromatic nitrogens is 3. The molecule has 3 nitrogen and oxygen atoms in total. The Bertz CT molecular complexity index is 3780. The molecule has 0 aliphatic carbocycles. The molecule has 13 aromatic rings. The van der Waals surface area contributed by atoms with Gasteiger partial charge < -0.3 is 0 Å². The molecule has 0 amide bonds. The Balaban J connectivity index is 0.000000335. The molecule has 87 heavy (non-hydrogen) atoms. The topological polar surface area (TPSA) is 38.7 Å². The Morgan fingerprint density at radius 1 is 0.184 bits per heavy atom. The van der Waals surface area contributed by atoms with E-state index >= 15 is 0 Å². The number of rotatable bonds is 12. The molecule has 0 saturated heterocycles. The van der Waals surface area contributed by atoms with E-state index in [9.17, 15) is 0 Å². The number of aryl methyl sites for hydroxylation is 3. The van der Waals surface area contributed by atoms with Gasteiger partial charge in [0.15, 0.2) is 17.5 Å². The van der Waals surface area contributed by atoms with Gasteiger partial charge in [-0.25, -0.2) is 15.0 Å². The van der Waals surface area contributed by atoms with Crippen molar-refractivity contribution in [3.8, 4) is 34.2 Å². The second-order valence-corrected chi connectivity index (χ2v) is 34.0. The summed E-state index contributed by atoms with van der Waals surface area (Å²) in [5.41, 5.74) is 6.57.